The van der Waals surface area contributed by atoms with Crippen LogP contribution in [0.3, 0.4) is 0 Å². The topological polar surface area (TPSA) is 63.6 Å². The molecule has 1 aromatic carbocycles. The van der Waals surface area contributed by atoms with Gasteiger partial charge < -0.3 is 9.53 Å². The third-order valence-electron chi connectivity index (χ3n) is 5.73. The van der Waals surface area contributed by atoms with E-state index in [1.807, 2.05) is 6.92 Å². The molecule has 3 atom stereocenters. The van der Waals surface area contributed by atoms with Crippen LogP contribution in [0, 0.1) is 5.92 Å². The molecule has 1 aliphatic carbocycles. The molecule has 146 valence electrons. The first-order valence-electron chi connectivity index (χ1n) is 9.24. The molecule has 0 aromatic heterocycles. The summed E-state index contributed by atoms with van der Waals surface area (Å²) < 4.78 is 32.9. The summed E-state index contributed by atoms with van der Waals surface area (Å²) in [6, 6.07) is 8.43. The smallest absolute Gasteiger partial charge is 0.202 e. The minimum atomic E-state index is -3.65. The molecule has 0 aliphatic heterocycles. The monoisotopic (exact) mass is 396 g/mol. The largest absolute Gasteiger partial charge is 0.413 e. The van der Waals surface area contributed by atoms with Crippen molar-refractivity contribution in [2.24, 2.45) is 5.92 Å². The van der Waals surface area contributed by atoms with Gasteiger partial charge in [-0.05, 0) is 49.2 Å². The van der Waals surface area contributed by atoms with Gasteiger partial charge >= 0.3 is 0 Å². The first-order chi connectivity index (χ1) is 11.9. The van der Waals surface area contributed by atoms with E-state index in [2.05, 4.69) is 33.9 Å². The lowest BCUT2D eigenvalue weighted by Crippen LogP contribution is -2.45. The van der Waals surface area contributed by atoms with E-state index < -0.39 is 24.3 Å². The van der Waals surface area contributed by atoms with Crippen LogP contribution in [-0.2, 0) is 14.3 Å². The van der Waals surface area contributed by atoms with Crippen LogP contribution >= 0.6 is 0 Å². The van der Waals surface area contributed by atoms with Crippen LogP contribution in [0.4, 0.5) is 0 Å². The number of sulfone groups is 1. The molecule has 1 aliphatic rings. The summed E-state index contributed by atoms with van der Waals surface area (Å²) in [6.07, 6.45) is 1.70. The van der Waals surface area contributed by atoms with Gasteiger partial charge in [-0.15, -0.1) is 0 Å². The predicted octanol–water partition coefficient (Wildman–Crippen LogP) is 4.53. The van der Waals surface area contributed by atoms with E-state index in [1.54, 1.807) is 30.3 Å². The second-order valence-electron chi connectivity index (χ2n) is 8.74. The maximum absolute atomic E-state index is 13.2. The number of aliphatic hydroxyl groups is 1. The van der Waals surface area contributed by atoms with E-state index in [1.165, 1.54) is 6.08 Å². The van der Waals surface area contributed by atoms with Gasteiger partial charge in [-0.1, -0.05) is 45.9 Å². The van der Waals surface area contributed by atoms with E-state index >= 15 is 0 Å². The van der Waals surface area contributed by atoms with Crippen molar-refractivity contribution < 1.29 is 18.0 Å². The van der Waals surface area contributed by atoms with Crippen LogP contribution < -0.4 is 0 Å². The summed E-state index contributed by atoms with van der Waals surface area (Å²) in [5, 5.41) is 10.3. The predicted molar refractivity (Wildman–Crippen MR) is 108 cm³/mol. The molecular formula is C20H32O4SSi. The van der Waals surface area contributed by atoms with Crippen LogP contribution in [0.15, 0.2) is 46.2 Å². The van der Waals surface area contributed by atoms with Crippen LogP contribution in [-0.4, -0.2) is 34.0 Å². The number of hydrogen-bond acceptors (Lipinski definition) is 4. The molecule has 0 fully saturated rings. The summed E-state index contributed by atoms with van der Waals surface area (Å²) >= 11 is 0. The fraction of sp³-hybridized carbons (Fsp3) is 0.600. The van der Waals surface area contributed by atoms with Crippen LogP contribution in [0.25, 0.3) is 0 Å². The summed E-state index contributed by atoms with van der Waals surface area (Å²) in [5.74, 6) is -0.300. The number of hydrogen-bond donors (Lipinski definition) is 1. The minimum absolute atomic E-state index is 0.0415. The van der Waals surface area contributed by atoms with Crippen molar-refractivity contribution in [3.05, 3.63) is 41.3 Å². The Morgan fingerprint density at radius 3 is 2.23 bits per heavy atom. The van der Waals surface area contributed by atoms with Crippen LogP contribution in [0.1, 0.15) is 40.5 Å². The minimum Gasteiger partial charge on any atom is -0.413 e. The van der Waals surface area contributed by atoms with Gasteiger partial charge in [-0.25, -0.2) is 8.42 Å². The van der Waals surface area contributed by atoms with Crippen molar-refractivity contribution in [3.63, 3.8) is 0 Å². The van der Waals surface area contributed by atoms with Crippen molar-refractivity contribution >= 4 is 18.2 Å². The molecule has 0 amide bonds. The van der Waals surface area contributed by atoms with E-state index in [0.717, 1.165) is 0 Å². The molecule has 0 heterocycles. The molecule has 2 rings (SSSR count). The van der Waals surface area contributed by atoms with E-state index in [4.69, 9.17) is 4.43 Å². The Labute approximate surface area is 159 Å². The maximum Gasteiger partial charge on any atom is 0.202 e. The zero-order valence-electron chi connectivity index (χ0n) is 16.7. The normalized spacial score (nSPS) is 25.5. The molecule has 1 aromatic rings. The van der Waals surface area contributed by atoms with Gasteiger partial charge in [0.25, 0.3) is 0 Å². The molecule has 0 saturated heterocycles. The van der Waals surface area contributed by atoms with Gasteiger partial charge in [0.2, 0.25) is 9.84 Å². The molecule has 0 spiro atoms. The molecular weight excluding hydrogens is 364 g/mol. The molecule has 1 N–H and O–H groups in total. The highest BCUT2D eigenvalue weighted by Crippen LogP contribution is 2.41. The lowest BCUT2D eigenvalue weighted by Gasteiger charge is -2.41. The Morgan fingerprint density at radius 2 is 1.69 bits per heavy atom. The molecule has 0 unspecified atom stereocenters. The molecule has 0 bridgehead atoms. The van der Waals surface area contributed by atoms with Crippen LogP contribution in [0.2, 0.25) is 18.1 Å². The van der Waals surface area contributed by atoms with Gasteiger partial charge in [0.05, 0.1) is 22.0 Å². The zero-order chi connectivity index (χ0) is 19.8. The number of aliphatic hydroxyl groups excluding tert-OH is 1. The van der Waals surface area contributed by atoms with E-state index in [9.17, 15) is 13.5 Å². The van der Waals surface area contributed by atoms with Gasteiger partial charge in [-0.2, -0.15) is 0 Å². The lowest BCUT2D eigenvalue weighted by atomic mass is 10.0. The van der Waals surface area contributed by atoms with E-state index in [-0.39, 0.29) is 26.9 Å². The summed E-state index contributed by atoms with van der Waals surface area (Å²) in [7, 11) is -5.71. The fourth-order valence-electron chi connectivity index (χ4n) is 2.98. The lowest BCUT2D eigenvalue weighted by molar-refractivity contribution is 0.120. The van der Waals surface area contributed by atoms with E-state index in [0.29, 0.717) is 12.8 Å². The average molecular weight is 397 g/mol. The maximum atomic E-state index is 13.2. The number of rotatable bonds is 4. The Balaban J connectivity index is 2.40. The van der Waals surface area contributed by atoms with Crippen molar-refractivity contribution in [2.45, 2.75) is 75.8 Å². The van der Waals surface area contributed by atoms with Crippen molar-refractivity contribution in [3.8, 4) is 0 Å². The second-order valence-corrected chi connectivity index (χ2v) is 15.4. The Hall–Kier alpha value is -0.953. The number of benzene rings is 1. The fourth-order valence-corrected chi connectivity index (χ4v) is 6.18. The summed E-state index contributed by atoms with van der Waals surface area (Å²) in [6.45, 7) is 12.8. The highest BCUT2D eigenvalue weighted by Gasteiger charge is 2.42. The standard InChI is InChI=1S/C20H32O4SSi/c1-15-18(24-26(5,6)20(2,3)4)13-12-16(21)14-19(15)25(22,23)17-10-8-7-9-11-17/h7-11,14-16,18,21H,12-13H2,1-6H3/t15-,16-,18+/m1/s1. The average Bonchev–Trinajstić information content (AvgIpc) is 2.68. The Morgan fingerprint density at radius 1 is 1.12 bits per heavy atom. The van der Waals surface area contributed by atoms with Gasteiger partial charge in [-0.3, -0.25) is 0 Å². The molecule has 6 heteroatoms. The van der Waals surface area contributed by atoms with Crippen molar-refractivity contribution in [2.75, 3.05) is 0 Å². The highest BCUT2D eigenvalue weighted by atomic mass is 32.2. The summed E-state index contributed by atoms with van der Waals surface area (Å²) in [4.78, 5) is 0.538. The van der Waals surface area contributed by atoms with Crippen molar-refractivity contribution in [1.82, 2.24) is 0 Å². The first-order valence-corrected chi connectivity index (χ1v) is 13.6. The molecule has 0 saturated carbocycles. The van der Waals surface area contributed by atoms with Gasteiger partial charge in [0.15, 0.2) is 8.32 Å². The quantitative estimate of drug-likeness (QED) is 0.760. The Kier molecular flexibility index (Phi) is 6.22. The first kappa shape index (κ1) is 21.3. The zero-order valence-corrected chi connectivity index (χ0v) is 18.5. The van der Waals surface area contributed by atoms with Gasteiger partial charge in [0.1, 0.15) is 0 Å². The third kappa shape index (κ3) is 4.47. The SMILES string of the molecule is C[C@H]1C(S(=O)(=O)c2ccccc2)=C[C@H](O)CC[C@@H]1O[Si](C)(C)C(C)(C)C. The Bertz CT molecular complexity index is 748. The third-order valence-corrected chi connectivity index (χ3v) is 12.3. The van der Waals surface area contributed by atoms with Gasteiger partial charge in [0, 0.05) is 5.92 Å². The molecule has 26 heavy (non-hydrogen) atoms. The molecule has 4 nitrogen and oxygen atoms in total. The highest BCUT2D eigenvalue weighted by molar-refractivity contribution is 7.95. The summed E-state index contributed by atoms with van der Waals surface area (Å²) in [5.41, 5.74) is 0. The van der Waals surface area contributed by atoms with Crippen LogP contribution in [0.5, 0.6) is 0 Å². The second kappa shape index (κ2) is 7.58. The van der Waals surface area contributed by atoms with Crippen molar-refractivity contribution in [1.29, 1.82) is 0 Å². The molecule has 0 radical (unpaired) electrons.